The second-order valence-corrected chi connectivity index (χ2v) is 5.99. The van der Waals surface area contributed by atoms with Crippen molar-refractivity contribution in [2.45, 2.75) is 58.0 Å². The normalized spacial score (nSPS) is 18.4. The van der Waals surface area contributed by atoms with E-state index in [2.05, 4.69) is 18.7 Å². The van der Waals surface area contributed by atoms with Gasteiger partial charge in [-0.3, -0.25) is 4.90 Å². The number of halogens is 1. The fourth-order valence-electron chi connectivity index (χ4n) is 3.61. The molecule has 2 nitrogen and oxygen atoms in total. The summed E-state index contributed by atoms with van der Waals surface area (Å²) in [4.78, 5) is 2.52. The molecule has 0 amide bonds. The fraction of sp³-hybridized carbons (Fsp3) is 0.647. The third kappa shape index (κ3) is 2.61. The van der Waals surface area contributed by atoms with Gasteiger partial charge in [-0.2, -0.15) is 0 Å². The molecule has 1 heterocycles. The van der Waals surface area contributed by atoms with Gasteiger partial charge in [0.05, 0.1) is 0 Å². The molecule has 0 saturated carbocycles. The Kier molecular flexibility index (Phi) is 4.82. The minimum Gasteiger partial charge on any atom is -0.322 e. The van der Waals surface area contributed by atoms with Crippen molar-refractivity contribution < 1.29 is 4.39 Å². The lowest BCUT2D eigenvalue weighted by Gasteiger charge is -2.45. The Morgan fingerprint density at radius 1 is 1.25 bits per heavy atom. The Labute approximate surface area is 122 Å². The van der Waals surface area contributed by atoms with E-state index in [4.69, 9.17) is 5.73 Å². The summed E-state index contributed by atoms with van der Waals surface area (Å²) in [7, 11) is 0. The second kappa shape index (κ2) is 6.23. The van der Waals surface area contributed by atoms with Crippen LogP contribution in [0, 0.1) is 12.7 Å². The Bertz CT molecular complexity index is 448. The van der Waals surface area contributed by atoms with E-state index in [0.29, 0.717) is 5.56 Å². The number of rotatable bonds is 5. The summed E-state index contributed by atoms with van der Waals surface area (Å²) in [6.07, 6.45) is 4.49. The van der Waals surface area contributed by atoms with E-state index in [0.717, 1.165) is 31.5 Å². The molecule has 112 valence electrons. The van der Waals surface area contributed by atoms with Crippen LogP contribution in [0.5, 0.6) is 0 Å². The molecule has 0 spiro atoms. The first kappa shape index (κ1) is 15.5. The monoisotopic (exact) mass is 278 g/mol. The van der Waals surface area contributed by atoms with E-state index in [1.54, 1.807) is 13.0 Å². The van der Waals surface area contributed by atoms with Gasteiger partial charge in [0.1, 0.15) is 5.82 Å². The lowest BCUT2D eigenvalue weighted by molar-refractivity contribution is 0.0766. The first-order chi connectivity index (χ1) is 9.55. The van der Waals surface area contributed by atoms with Gasteiger partial charge in [-0.1, -0.05) is 26.0 Å². The van der Waals surface area contributed by atoms with Crippen molar-refractivity contribution in [3.63, 3.8) is 0 Å². The topological polar surface area (TPSA) is 29.3 Å². The van der Waals surface area contributed by atoms with Crippen LogP contribution < -0.4 is 5.73 Å². The van der Waals surface area contributed by atoms with Gasteiger partial charge in [0.25, 0.3) is 0 Å². The molecule has 0 radical (unpaired) electrons. The predicted molar refractivity (Wildman–Crippen MR) is 82.2 cm³/mol. The summed E-state index contributed by atoms with van der Waals surface area (Å²) in [5, 5.41) is 0. The molecule has 20 heavy (non-hydrogen) atoms. The molecule has 2 rings (SSSR count). The van der Waals surface area contributed by atoms with Crippen molar-refractivity contribution in [3.05, 3.63) is 35.1 Å². The zero-order valence-electron chi connectivity index (χ0n) is 13.0. The molecule has 1 unspecified atom stereocenters. The van der Waals surface area contributed by atoms with E-state index < -0.39 is 0 Å². The maximum absolute atomic E-state index is 13.8. The molecular formula is C17H27FN2. The van der Waals surface area contributed by atoms with Crippen molar-refractivity contribution in [1.82, 2.24) is 4.90 Å². The Balaban J connectivity index is 2.34. The average Bonchev–Trinajstić information content (AvgIpc) is 2.98. The highest BCUT2D eigenvalue weighted by Gasteiger charge is 2.41. The van der Waals surface area contributed by atoms with Crippen molar-refractivity contribution in [2.24, 2.45) is 5.73 Å². The van der Waals surface area contributed by atoms with Crippen LogP contribution in [0.4, 0.5) is 4.39 Å². The van der Waals surface area contributed by atoms with Crippen molar-refractivity contribution in [2.75, 3.05) is 13.1 Å². The highest BCUT2D eigenvalue weighted by molar-refractivity contribution is 5.28. The third-order valence-electron chi connectivity index (χ3n) is 5.09. The number of aryl methyl sites for hydroxylation is 1. The molecule has 1 atom stereocenters. The standard InChI is InChI=1S/C17H27FN2/c1-4-17(5-2,20-10-6-7-11-20)16(19)14-9-8-13(3)15(18)12-14/h8-9,12,16H,4-7,10-11,19H2,1-3H3. The molecule has 0 bridgehead atoms. The highest BCUT2D eigenvalue weighted by Crippen LogP contribution is 2.38. The Hall–Kier alpha value is -0.930. The number of nitrogens with two attached hydrogens (primary N) is 1. The van der Waals surface area contributed by atoms with E-state index in [1.807, 2.05) is 12.1 Å². The summed E-state index contributed by atoms with van der Waals surface area (Å²) in [5.41, 5.74) is 8.14. The van der Waals surface area contributed by atoms with E-state index in [1.165, 1.54) is 12.8 Å². The molecule has 3 heteroatoms. The first-order valence-electron chi connectivity index (χ1n) is 7.82. The van der Waals surface area contributed by atoms with Crippen LogP contribution >= 0.6 is 0 Å². The van der Waals surface area contributed by atoms with E-state index in [-0.39, 0.29) is 17.4 Å². The molecule has 1 aliphatic rings. The van der Waals surface area contributed by atoms with Crippen LogP contribution in [0.3, 0.4) is 0 Å². The van der Waals surface area contributed by atoms with E-state index >= 15 is 0 Å². The zero-order valence-corrected chi connectivity index (χ0v) is 13.0. The molecule has 0 aliphatic carbocycles. The fourth-order valence-corrected chi connectivity index (χ4v) is 3.61. The van der Waals surface area contributed by atoms with Crippen molar-refractivity contribution in [3.8, 4) is 0 Å². The van der Waals surface area contributed by atoms with Gasteiger partial charge in [-0.05, 0) is 62.9 Å². The SMILES string of the molecule is CCC(CC)(C(N)c1ccc(C)c(F)c1)N1CCCC1. The number of benzene rings is 1. The van der Waals surface area contributed by atoms with Crippen LogP contribution in [-0.2, 0) is 0 Å². The Morgan fingerprint density at radius 2 is 1.85 bits per heavy atom. The summed E-state index contributed by atoms with van der Waals surface area (Å²) >= 11 is 0. The first-order valence-corrected chi connectivity index (χ1v) is 7.82. The van der Waals surface area contributed by atoms with Crippen LogP contribution in [-0.4, -0.2) is 23.5 Å². The minimum absolute atomic E-state index is 0.0435. The molecular weight excluding hydrogens is 251 g/mol. The van der Waals surface area contributed by atoms with Gasteiger partial charge in [0, 0.05) is 11.6 Å². The smallest absolute Gasteiger partial charge is 0.126 e. The van der Waals surface area contributed by atoms with Gasteiger partial charge < -0.3 is 5.73 Å². The molecule has 1 fully saturated rings. The van der Waals surface area contributed by atoms with Crippen LogP contribution in [0.2, 0.25) is 0 Å². The summed E-state index contributed by atoms with van der Waals surface area (Å²) < 4.78 is 13.8. The van der Waals surface area contributed by atoms with Gasteiger partial charge in [0.2, 0.25) is 0 Å². The maximum Gasteiger partial charge on any atom is 0.126 e. The lowest BCUT2D eigenvalue weighted by Crippen LogP contribution is -2.53. The largest absolute Gasteiger partial charge is 0.322 e. The maximum atomic E-state index is 13.8. The van der Waals surface area contributed by atoms with Crippen molar-refractivity contribution in [1.29, 1.82) is 0 Å². The predicted octanol–water partition coefficient (Wildman–Crippen LogP) is 3.79. The second-order valence-electron chi connectivity index (χ2n) is 5.99. The molecule has 1 saturated heterocycles. The lowest BCUT2D eigenvalue weighted by atomic mass is 9.79. The number of hydrogen-bond acceptors (Lipinski definition) is 2. The molecule has 1 aromatic rings. The number of hydrogen-bond donors (Lipinski definition) is 1. The Morgan fingerprint density at radius 3 is 2.35 bits per heavy atom. The molecule has 0 aromatic heterocycles. The molecule has 1 aromatic carbocycles. The van der Waals surface area contributed by atoms with Gasteiger partial charge in [0.15, 0.2) is 0 Å². The summed E-state index contributed by atoms with van der Waals surface area (Å²) in [6.45, 7) is 8.42. The number of likely N-dealkylation sites (tertiary alicyclic amines) is 1. The zero-order chi connectivity index (χ0) is 14.8. The van der Waals surface area contributed by atoms with Crippen LogP contribution in [0.25, 0.3) is 0 Å². The number of nitrogens with zero attached hydrogens (tertiary/aromatic N) is 1. The quantitative estimate of drug-likeness (QED) is 0.888. The highest BCUT2D eigenvalue weighted by atomic mass is 19.1. The molecule has 1 aliphatic heterocycles. The van der Waals surface area contributed by atoms with Gasteiger partial charge in [-0.15, -0.1) is 0 Å². The summed E-state index contributed by atoms with van der Waals surface area (Å²) in [6, 6.07) is 5.31. The minimum atomic E-state index is -0.152. The van der Waals surface area contributed by atoms with Crippen LogP contribution in [0.15, 0.2) is 18.2 Å². The molecule has 2 N–H and O–H groups in total. The van der Waals surface area contributed by atoms with Gasteiger partial charge in [-0.25, -0.2) is 4.39 Å². The van der Waals surface area contributed by atoms with Crippen LogP contribution in [0.1, 0.15) is 56.7 Å². The van der Waals surface area contributed by atoms with Crippen molar-refractivity contribution >= 4 is 0 Å². The average molecular weight is 278 g/mol. The van der Waals surface area contributed by atoms with Gasteiger partial charge >= 0.3 is 0 Å². The summed E-state index contributed by atoms with van der Waals surface area (Å²) in [5.74, 6) is -0.152. The van der Waals surface area contributed by atoms with E-state index in [9.17, 15) is 4.39 Å². The third-order valence-corrected chi connectivity index (χ3v) is 5.09.